The molecular formula is C23H29N3O2. The molecule has 148 valence electrons. The van der Waals surface area contributed by atoms with E-state index in [0.29, 0.717) is 13.1 Å². The number of amides is 2. The lowest BCUT2D eigenvalue weighted by Crippen LogP contribution is -2.51. The molecular weight excluding hydrogens is 350 g/mol. The summed E-state index contributed by atoms with van der Waals surface area (Å²) < 4.78 is 0. The molecule has 2 aromatic rings. The number of nitrogens with one attached hydrogen (secondary N) is 2. The Morgan fingerprint density at radius 3 is 2.43 bits per heavy atom. The van der Waals surface area contributed by atoms with Gasteiger partial charge in [0.15, 0.2) is 0 Å². The van der Waals surface area contributed by atoms with Crippen molar-refractivity contribution < 1.29 is 9.59 Å². The topological polar surface area (TPSA) is 61.4 Å². The van der Waals surface area contributed by atoms with Gasteiger partial charge >= 0.3 is 0 Å². The molecule has 28 heavy (non-hydrogen) atoms. The molecule has 2 aromatic carbocycles. The summed E-state index contributed by atoms with van der Waals surface area (Å²) in [6, 6.07) is 19.3. The second-order valence-electron chi connectivity index (χ2n) is 7.32. The van der Waals surface area contributed by atoms with E-state index >= 15 is 0 Å². The number of hydrogen-bond donors (Lipinski definition) is 2. The smallest absolute Gasteiger partial charge is 0.237 e. The van der Waals surface area contributed by atoms with Crippen LogP contribution in [0.1, 0.15) is 31.7 Å². The maximum Gasteiger partial charge on any atom is 0.237 e. The van der Waals surface area contributed by atoms with Crippen molar-refractivity contribution in [2.45, 2.75) is 38.8 Å². The highest BCUT2D eigenvalue weighted by Crippen LogP contribution is 2.21. The number of hydrogen-bond acceptors (Lipinski definition) is 3. The van der Waals surface area contributed by atoms with Crippen molar-refractivity contribution in [3.05, 3.63) is 66.2 Å². The number of rotatable bonds is 7. The number of likely N-dealkylation sites (tertiary alicyclic amines) is 1. The maximum atomic E-state index is 12.8. The zero-order chi connectivity index (χ0) is 19.8. The first-order chi connectivity index (χ1) is 13.7. The lowest BCUT2D eigenvalue weighted by atomic mass is 9.95. The average molecular weight is 380 g/mol. The van der Waals surface area contributed by atoms with E-state index in [0.717, 1.165) is 37.1 Å². The Kier molecular flexibility index (Phi) is 7.20. The number of para-hydroxylation sites is 1. The Bertz CT molecular complexity index is 764. The molecule has 0 spiro atoms. The van der Waals surface area contributed by atoms with Crippen LogP contribution in [-0.4, -0.2) is 35.8 Å². The van der Waals surface area contributed by atoms with Crippen LogP contribution in [0.25, 0.3) is 0 Å². The van der Waals surface area contributed by atoms with Crippen molar-refractivity contribution in [1.29, 1.82) is 0 Å². The van der Waals surface area contributed by atoms with Crippen molar-refractivity contribution in [2.75, 3.05) is 18.4 Å². The van der Waals surface area contributed by atoms with Crippen LogP contribution < -0.4 is 10.6 Å². The van der Waals surface area contributed by atoms with Crippen molar-refractivity contribution in [3.63, 3.8) is 0 Å². The number of carbonyl (C=O) groups excluding carboxylic acids is 2. The Balaban J connectivity index is 1.56. The van der Waals surface area contributed by atoms with Gasteiger partial charge in [-0.05, 0) is 43.5 Å². The maximum absolute atomic E-state index is 12.8. The van der Waals surface area contributed by atoms with Gasteiger partial charge in [-0.15, -0.1) is 0 Å². The summed E-state index contributed by atoms with van der Waals surface area (Å²) in [5.74, 6) is -0.0177. The Labute approximate surface area is 167 Å². The predicted molar refractivity (Wildman–Crippen MR) is 112 cm³/mol. The highest BCUT2D eigenvalue weighted by atomic mass is 16.2. The Morgan fingerprint density at radius 2 is 1.75 bits per heavy atom. The predicted octanol–water partition coefficient (Wildman–Crippen LogP) is 3.43. The standard InChI is InChI=1S/C23H29N3O2/c1-2-21(23(28)24-16-18-10-5-3-6-11-18)26-15-9-12-19(17-26)22(27)25-20-13-7-4-8-14-20/h3-8,10-11,13-14,19,21H,2,9,12,15-17H2,1H3,(H,24,28)(H,25,27)/t19-,21-/m0/s1. The van der Waals surface area contributed by atoms with E-state index in [9.17, 15) is 9.59 Å². The summed E-state index contributed by atoms with van der Waals surface area (Å²) in [6.07, 6.45) is 2.51. The largest absolute Gasteiger partial charge is 0.351 e. The van der Waals surface area contributed by atoms with E-state index in [1.54, 1.807) is 0 Å². The molecule has 2 N–H and O–H groups in total. The molecule has 3 rings (SSSR count). The average Bonchev–Trinajstić information content (AvgIpc) is 2.74. The van der Waals surface area contributed by atoms with Crippen molar-refractivity contribution in [3.8, 4) is 0 Å². The van der Waals surface area contributed by atoms with E-state index < -0.39 is 0 Å². The van der Waals surface area contributed by atoms with E-state index in [1.807, 2.05) is 67.6 Å². The highest BCUT2D eigenvalue weighted by Gasteiger charge is 2.32. The number of benzene rings is 2. The SMILES string of the molecule is CC[C@@H](C(=O)NCc1ccccc1)N1CCC[C@H](C(=O)Nc2ccccc2)C1. The van der Waals surface area contributed by atoms with Gasteiger partial charge in [-0.25, -0.2) is 0 Å². The first kappa shape index (κ1) is 20.1. The van der Waals surface area contributed by atoms with Gasteiger partial charge in [-0.2, -0.15) is 0 Å². The van der Waals surface area contributed by atoms with E-state index in [-0.39, 0.29) is 23.8 Å². The van der Waals surface area contributed by atoms with Crippen molar-refractivity contribution in [1.82, 2.24) is 10.2 Å². The van der Waals surface area contributed by atoms with E-state index in [2.05, 4.69) is 15.5 Å². The van der Waals surface area contributed by atoms with Gasteiger partial charge in [0, 0.05) is 18.8 Å². The fourth-order valence-corrected chi connectivity index (χ4v) is 3.78. The molecule has 2 amide bonds. The molecule has 1 fully saturated rings. The molecule has 0 aliphatic carbocycles. The number of nitrogens with zero attached hydrogens (tertiary/aromatic N) is 1. The van der Waals surface area contributed by atoms with Gasteiger partial charge in [-0.1, -0.05) is 55.5 Å². The molecule has 0 unspecified atom stereocenters. The normalized spacial score (nSPS) is 18.2. The summed E-state index contributed by atoms with van der Waals surface area (Å²) in [4.78, 5) is 27.6. The molecule has 1 aliphatic rings. The fraction of sp³-hybridized carbons (Fsp3) is 0.391. The number of anilines is 1. The van der Waals surface area contributed by atoms with Crippen LogP contribution in [0.5, 0.6) is 0 Å². The molecule has 1 aliphatic heterocycles. The summed E-state index contributed by atoms with van der Waals surface area (Å²) in [5.41, 5.74) is 1.90. The summed E-state index contributed by atoms with van der Waals surface area (Å²) in [7, 11) is 0. The van der Waals surface area contributed by atoms with Crippen LogP contribution in [0.15, 0.2) is 60.7 Å². The lowest BCUT2D eigenvalue weighted by molar-refractivity contribution is -0.130. The summed E-state index contributed by atoms with van der Waals surface area (Å²) in [6.45, 7) is 4.03. The third-order valence-electron chi connectivity index (χ3n) is 5.30. The van der Waals surface area contributed by atoms with E-state index in [4.69, 9.17) is 0 Å². The van der Waals surface area contributed by atoms with Crippen molar-refractivity contribution in [2.24, 2.45) is 5.92 Å². The first-order valence-corrected chi connectivity index (χ1v) is 10.1. The van der Waals surface area contributed by atoms with Crippen LogP contribution in [0, 0.1) is 5.92 Å². The minimum Gasteiger partial charge on any atom is -0.351 e. The monoisotopic (exact) mass is 379 g/mol. The molecule has 0 saturated carbocycles. The molecule has 0 bridgehead atoms. The minimum atomic E-state index is -0.198. The zero-order valence-corrected chi connectivity index (χ0v) is 16.4. The first-order valence-electron chi connectivity index (χ1n) is 10.1. The van der Waals surface area contributed by atoms with Crippen LogP contribution in [0.3, 0.4) is 0 Å². The highest BCUT2D eigenvalue weighted by molar-refractivity contribution is 5.92. The molecule has 1 heterocycles. The third-order valence-corrected chi connectivity index (χ3v) is 5.30. The number of piperidine rings is 1. The van der Waals surface area contributed by atoms with Gasteiger partial charge in [0.25, 0.3) is 0 Å². The number of carbonyl (C=O) groups is 2. The van der Waals surface area contributed by atoms with Gasteiger partial charge in [-0.3, -0.25) is 14.5 Å². The van der Waals surface area contributed by atoms with Crippen LogP contribution >= 0.6 is 0 Å². The zero-order valence-electron chi connectivity index (χ0n) is 16.4. The van der Waals surface area contributed by atoms with Gasteiger partial charge in [0.2, 0.25) is 11.8 Å². The lowest BCUT2D eigenvalue weighted by Gasteiger charge is -2.36. The molecule has 5 nitrogen and oxygen atoms in total. The molecule has 5 heteroatoms. The van der Waals surface area contributed by atoms with Gasteiger partial charge in [0.05, 0.1) is 12.0 Å². The summed E-state index contributed by atoms with van der Waals surface area (Å²) in [5, 5.41) is 6.05. The molecule has 0 aromatic heterocycles. The third kappa shape index (κ3) is 5.42. The van der Waals surface area contributed by atoms with Crippen LogP contribution in [-0.2, 0) is 16.1 Å². The Hall–Kier alpha value is -2.66. The van der Waals surface area contributed by atoms with Gasteiger partial charge in [0.1, 0.15) is 0 Å². The van der Waals surface area contributed by atoms with E-state index in [1.165, 1.54) is 0 Å². The van der Waals surface area contributed by atoms with Crippen LogP contribution in [0.4, 0.5) is 5.69 Å². The quantitative estimate of drug-likeness (QED) is 0.775. The molecule has 1 saturated heterocycles. The fourth-order valence-electron chi connectivity index (χ4n) is 3.78. The summed E-state index contributed by atoms with van der Waals surface area (Å²) >= 11 is 0. The minimum absolute atomic E-state index is 0.0375. The second kappa shape index (κ2) is 10.0. The Morgan fingerprint density at radius 1 is 1.07 bits per heavy atom. The second-order valence-corrected chi connectivity index (χ2v) is 7.32. The van der Waals surface area contributed by atoms with Crippen LogP contribution in [0.2, 0.25) is 0 Å². The van der Waals surface area contributed by atoms with Gasteiger partial charge < -0.3 is 10.6 Å². The molecule has 0 radical (unpaired) electrons. The molecule has 2 atom stereocenters. The van der Waals surface area contributed by atoms with Crippen molar-refractivity contribution >= 4 is 17.5 Å².